The second kappa shape index (κ2) is 6.58. The maximum absolute atomic E-state index is 4.17. The summed E-state index contributed by atoms with van der Waals surface area (Å²) in [7, 11) is 2.11. The fourth-order valence-electron chi connectivity index (χ4n) is 2.37. The number of halogens is 1. The molecular formula is C17H20BrN3. The van der Waals surface area contributed by atoms with Crippen molar-refractivity contribution < 1.29 is 0 Å². The van der Waals surface area contributed by atoms with E-state index in [1.165, 1.54) is 29.7 Å². The highest BCUT2D eigenvalue weighted by atomic mass is 79.9. The molecule has 1 aliphatic rings. The first-order valence-electron chi connectivity index (χ1n) is 7.34. The molecule has 0 bridgehead atoms. The van der Waals surface area contributed by atoms with E-state index in [1.807, 2.05) is 12.3 Å². The molecule has 1 N–H and O–H groups in total. The molecule has 3 nitrogen and oxygen atoms in total. The third kappa shape index (κ3) is 4.05. The molecule has 1 aromatic heterocycles. The molecule has 1 saturated carbocycles. The van der Waals surface area contributed by atoms with Gasteiger partial charge in [0.15, 0.2) is 0 Å². The average Bonchev–Trinajstić information content (AvgIpc) is 3.30. The molecular weight excluding hydrogens is 326 g/mol. The van der Waals surface area contributed by atoms with Gasteiger partial charge in [0.2, 0.25) is 0 Å². The van der Waals surface area contributed by atoms with Gasteiger partial charge in [-0.1, -0.05) is 12.1 Å². The fraction of sp³-hybridized carbons (Fsp3) is 0.353. The Hall–Kier alpha value is -1.39. The van der Waals surface area contributed by atoms with Crippen LogP contribution < -0.4 is 10.2 Å². The molecule has 0 amide bonds. The molecule has 0 radical (unpaired) electrons. The minimum atomic E-state index is 0.747. The van der Waals surface area contributed by atoms with Gasteiger partial charge in [0.1, 0.15) is 0 Å². The van der Waals surface area contributed by atoms with E-state index in [2.05, 4.69) is 62.4 Å². The van der Waals surface area contributed by atoms with Crippen molar-refractivity contribution >= 4 is 21.6 Å². The quantitative estimate of drug-likeness (QED) is 0.864. The van der Waals surface area contributed by atoms with E-state index in [4.69, 9.17) is 0 Å². The van der Waals surface area contributed by atoms with Crippen molar-refractivity contribution in [3.63, 3.8) is 0 Å². The van der Waals surface area contributed by atoms with Gasteiger partial charge in [-0.15, -0.1) is 0 Å². The van der Waals surface area contributed by atoms with Crippen molar-refractivity contribution in [1.82, 2.24) is 10.3 Å². The Morgan fingerprint density at radius 1 is 1.29 bits per heavy atom. The van der Waals surface area contributed by atoms with E-state index in [1.54, 1.807) is 6.20 Å². The van der Waals surface area contributed by atoms with Crippen molar-refractivity contribution in [2.24, 2.45) is 0 Å². The van der Waals surface area contributed by atoms with Gasteiger partial charge in [-0.3, -0.25) is 4.98 Å². The third-order valence-corrected chi connectivity index (χ3v) is 4.37. The Labute approximate surface area is 134 Å². The number of nitrogens with one attached hydrogen (secondary N) is 1. The summed E-state index contributed by atoms with van der Waals surface area (Å²) in [5.41, 5.74) is 3.74. The summed E-state index contributed by atoms with van der Waals surface area (Å²) in [6.07, 6.45) is 6.37. The SMILES string of the molecule is CN(Cc1cccnc1)c1ccc(CNC2CC2)cc1Br. The van der Waals surface area contributed by atoms with E-state index < -0.39 is 0 Å². The number of anilines is 1. The van der Waals surface area contributed by atoms with Gasteiger partial charge in [-0.25, -0.2) is 0 Å². The number of aromatic nitrogens is 1. The van der Waals surface area contributed by atoms with Crippen molar-refractivity contribution in [3.8, 4) is 0 Å². The lowest BCUT2D eigenvalue weighted by atomic mass is 10.2. The zero-order valence-corrected chi connectivity index (χ0v) is 13.8. The Morgan fingerprint density at radius 2 is 2.14 bits per heavy atom. The largest absolute Gasteiger partial charge is 0.369 e. The van der Waals surface area contributed by atoms with E-state index in [0.717, 1.165) is 23.6 Å². The summed E-state index contributed by atoms with van der Waals surface area (Å²) in [5, 5.41) is 3.55. The highest BCUT2D eigenvalue weighted by molar-refractivity contribution is 9.10. The van der Waals surface area contributed by atoms with Gasteiger partial charge in [-0.05, 0) is 58.1 Å². The van der Waals surface area contributed by atoms with Crippen LogP contribution >= 0.6 is 15.9 Å². The molecule has 3 rings (SSSR count). The molecule has 0 aliphatic heterocycles. The summed E-state index contributed by atoms with van der Waals surface area (Å²) in [6, 6.07) is 11.4. The normalized spacial score (nSPS) is 14.2. The number of nitrogens with zero attached hydrogens (tertiary/aromatic N) is 2. The lowest BCUT2D eigenvalue weighted by molar-refractivity contribution is 0.687. The molecule has 1 heterocycles. The van der Waals surface area contributed by atoms with E-state index >= 15 is 0 Å². The number of hydrogen-bond acceptors (Lipinski definition) is 3. The number of benzene rings is 1. The minimum Gasteiger partial charge on any atom is -0.369 e. The van der Waals surface area contributed by atoms with Gasteiger partial charge in [0, 0.05) is 43.0 Å². The first-order chi connectivity index (χ1) is 10.2. The number of rotatable bonds is 6. The number of hydrogen-bond donors (Lipinski definition) is 1. The van der Waals surface area contributed by atoms with Crippen LogP contribution in [-0.2, 0) is 13.1 Å². The highest BCUT2D eigenvalue weighted by Gasteiger charge is 2.20. The molecule has 21 heavy (non-hydrogen) atoms. The van der Waals surface area contributed by atoms with Gasteiger partial charge in [0.25, 0.3) is 0 Å². The smallest absolute Gasteiger partial charge is 0.0511 e. The molecule has 1 fully saturated rings. The van der Waals surface area contributed by atoms with E-state index in [-0.39, 0.29) is 0 Å². The predicted molar refractivity (Wildman–Crippen MR) is 90.3 cm³/mol. The second-order valence-electron chi connectivity index (χ2n) is 5.66. The molecule has 0 spiro atoms. The maximum atomic E-state index is 4.17. The van der Waals surface area contributed by atoms with Crippen LogP contribution in [0.3, 0.4) is 0 Å². The number of pyridine rings is 1. The summed E-state index contributed by atoms with van der Waals surface area (Å²) < 4.78 is 1.14. The van der Waals surface area contributed by atoms with Crippen LogP contribution in [0.1, 0.15) is 24.0 Å². The van der Waals surface area contributed by atoms with Crippen LogP contribution in [0, 0.1) is 0 Å². The van der Waals surface area contributed by atoms with Gasteiger partial charge in [0.05, 0.1) is 5.69 Å². The Kier molecular flexibility index (Phi) is 4.56. The molecule has 0 unspecified atom stereocenters. The zero-order chi connectivity index (χ0) is 14.7. The van der Waals surface area contributed by atoms with Crippen LogP contribution in [0.2, 0.25) is 0 Å². The highest BCUT2D eigenvalue weighted by Crippen LogP contribution is 2.28. The van der Waals surface area contributed by atoms with Crippen molar-refractivity contribution in [1.29, 1.82) is 0 Å². The maximum Gasteiger partial charge on any atom is 0.0511 e. The van der Waals surface area contributed by atoms with E-state index in [0.29, 0.717) is 0 Å². The molecule has 4 heteroatoms. The molecule has 0 atom stereocenters. The van der Waals surface area contributed by atoms with Crippen molar-refractivity contribution in [2.75, 3.05) is 11.9 Å². The van der Waals surface area contributed by atoms with E-state index in [9.17, 15) is 0 Å². The van der Waals surface area contributed by atoms with Crippen LogP contribution in [0.15, 0.2) is 47.2 Å². The Morgan fingerprint density at radius 3 is 2.81 bits per heavy atom. The predicted octanol–water partition coefficient (Wildman–Crippen LogP) is 3.73. The summed E-state index contributed by atoms with van der Waals surface area (Å²) in [6.45, 7) is 1.81. The average molecular weight is 346 g/mol. The molecule has 2 aromatic rings. The van der Waals surface area contributed by atoms with Gasteiger partial charge < -0.3 is 10.2 Å². The monoisotopic (exact) mass is 345 g/mol. The molecule has 110 valence electrons. The Bertz CT molecular complexity index is 596. The standard InChI is InChI=1S/C17H20BrN3/c1-21(12-14-3-2-8-19-10-14)17-7-4-13(9-16(17)18)11-20-15-5-6-15/h2-4,7-10,15,20H,5-6,11-12H2,1H3. The summed E-state index contributed by atoms with van der Waals surface area (Å²) in [5.74, 6) is 0. The van der Waals surface area contributed by atoms with Gasteiger partial charge >= 0.3 is 0 Å². The second-order valence-corrected chi connectivity index (χ2v) is 6.51. The molecule has 1 aliphatic carbocycles. The van der Waals surface area contributed by atoms with Crippen molar-refractivity contribution in [2.45, 2.75) is 32.0 Å². The lowest BCUT2D eigenvalue weighted by Gasteiger charge is -2.21. The summed E-state index contributed by atoms with van der Waals surface area (Å²) >= 11 is 3.70. The third-order valence-electron chi connectivity index (χ3n) is 3.74. The first kappa shape index (κ1) is 14.5. The molecule has 0 saturated heterocycles. The van der Waals surface area contributed by atoms with Crippen LogP contribution in [0.25, 0.3) is 0 Å². The topological polar surface area (TPSA) is 28.2 Å². The summed E-state index contributed by atoms with van der Waals surface area (Å²) in [4.78, 5) is 6.40. The fourth-order valence-corrected chi connectivity index (χ4v) is 3.10. The van der Waals surface area contributed by atoms with Crippen LogP contribution in [0.4, 0.5) is 5.69 Å². The van der Waals surface area contributed by atoms with Crippen LogP contribution in [-0.4, -0.2) is 18.1 Å². The molecule has 1 aromatic carbocycles. The first-order valence-corrected chi connectivity index (χ1v) is 8.13. The minimum absolute atomic E-state index is 0.747. The van der Waals surface area contributed by atoms with Gasteiger partial charge in [-0.2, -0.15) is 0 Å². The van der Waals surface area contributed by atoms with Crippen molar-refractivity contribution in [3.05, 3.63) is 58.3 Å². The Balaban J connectivity index is 1.66. The van der Waals surface area contributed by atoms with Crippen LogP contribution in [0.5, 0.6) is 0 Å². The zero-order valence-electron chi connectivity index (χ0n) is 12.2. The lowest BCUT2D eigenvalue weighted by Crippen LogP contribution is -2.18.